The van der Waals surface area contributed by atoms with Crippen LogP contribution in [0.4, 0.5) is 0 Å². The second-order valence-corrected chi connectivity index (χ2v) is 3.66. The lowest BCUT2D eigenvalue weighted by Gasteiger charge is -2.06. The summed E-state index contributed by atoms with van der Waals surface area (Å²) in [5.41, 5.74) is 2.46. The monoisotopic (exact) mass is 223 g/mol. The second kappa shape index (κ2) is 3.83. The topological polar surface area (TPSA) is 58.9 Å². The third-order valence-corrected chi connectivity index (χ3v) is 2.62. The lowest BCUT2D eigenvalue weighted by Crippen LogP contribution is -1.86. The smallest absolute Gasteiger partial charge is 0.141 e. The molecule has 0 aliphatic heterocycles. The Morgan fingerprint density at radius 2 is 1.82 bits per heavy atom. The second-order valence-electron chi connectivity index (χ2n) is 3.66. The lowest BCUT2D eigenvalue weighted by molar-refractivity contribution is 0.480. The van der Waals surface area contributed by atoms with Crippen molar-refractivity contribution in [3.05, 3.63) is 49.2 Å². The molecule has 17 heavy (non-hydrogen) atoms. The summed E-state index contributed by atoms with van der Waals surface area (Å²) in [7, 11) is 0. The molecule has 2 heterocycles. The highest BCUT2D eigenvalue weighted by atomic mass is 16.3. The molecule has 1 N–H and O–H groups in total. The summed E-state index contributed by atoms with van der Waals surface area (Å²) in [6.45, 7) is 0. The van der Waals surface area contributed by atoms with E-state index in [0.717, 1.165) is 16.5 Å². The van der Waals surface area contributed by atoms with E-state index in [1.165, 1.54) is 6.33 Å². The number of rotatable bonds is 1. The Morgan fingerprint density at radius 3 is 2.65 bits per heavy atom. The van der Waals surface area contributed by atoms with Crippen LogP contribution < -0.4 is 0 Å². The van der Waals surface area contributed by atoms with E-state index in [2.05, 4.69) is 15.0 Å². The number of hydrogen-bond donors (Lipinski definition) is 1. The Kier molecular flexibility index (Phi) is 2.19. The van der Waals surface area contributed by atoms with Crippen LogP contribution in [0.3, 0.4) is 0 Å². The van der Waals surface area contributed by atoms with E-state index in [-0.39, 0.29) is 5.75 Å². The van der Waals surface area contributed by atoms with Gasteiger partial charge in [0.25, 0.3) is 0 Å². The number of pyridine rings is 1. The maximum Gasteiger partial charge on any atom is 0.141 e. The molecule has 0 aliphatic carbocycles. The van der Waals surface area contributed by atoms with E-state index in [4.69, 9.17) is 0 Å². The van der Waals surface area contributed by atoms with Crippen molar-refractivity contribution in [2.45, 2.75) is 0 Å². The summed E-state index contributed by atoms with van der Waals surface area (Å²) in [5, 5.41) is 10.6. The van der Waals surface area contributed by atoms with Gasteiger partial charge in [-0.2, -0.15) is 0 Å². The van der Waals surface area contributed by atoms with Gasteiger partial charge in [-0.1, -0.05) is 6.07 Å². The van der Waals surface area contributed by atoms with Crippen molar-refractivity contribution in [1.29, 1.82) is 0 Å². The fourth-order valence-corrected chi connectivity index (χ4v) is 1.85. The minimum atomic E-state index is 0.182. The van der Waals surface area contributed by atoms with E-state index >= 15 is 0 Å². The summed E-state index contributed by atoms with van der Waals surface area (Å²) < 4.78 is 0. The van der Waals surface area contributed by atoms with Crippen molar-refractivity contribution in [3.8, 4) is 16.9 Å². The van der Waals surface area contributed by atoms with Gasteiger partial charge < -0.3 is 5.11 Å². The largest absolute Gasteiger partial charge is 0.506 e. The SMILES string of the molecule is Oc1ccc(-c2cncnc2)c2cccnc12. The number of fused-ring (bicyclic) bond motifs is 1. The zero-order valence-corrected chi connectivity index (χ0v) is 8.91. The van der Waals surface area contributed by atoms with Gasteiger partial charge in [0.1, 0.15) is 17.6 Å². The molecule has 2 aromatic heterocycles. The summed E-state index contributed by atoms with van der Waals surface area (Å²) in [6.07, 6.45) is 6.63. The van der Waals surface area contributed by atoms with Crippen molar-refractivity contribution in [3.63, 3.8) is 0 Å². The number of phenolic OH excluding ortho intramolecular Hbond substituents is 1. The molecule has 0 unspecified atom stereocenters. The van der Waals surface area contributed by atoms with Crippen LogP contribution in [0.5, 0.6) is 5.75 Å². The third kappa shape index (κ3) is 1.59. The van der Waals surface area contributed by atoms with E-state index in [1.807, 2.05) is 18.2 Å². The number of benzene rings is 1. The molecule has 3 rings (SSSR count). The van der Waals surface area contributed by atoms with E-state index < -0.39 is 0 Å². The van der Waals surface area contributed by atoms with Crippen LogP contribution in [0.25, 0.3) is 22.0 Å². The zero-order valence-electron chi connectivity index (χ0n) is 8.91. The first kappa shape index (κ1) is 9.72. The van der Waals surface area contributed by atoms with Crippen LogP contribution in [0.15, 0.2) is 49.2 Å². The average molecular weight is 223 g/mol. The van der Waals surface area contributed by atoms with Gasteiger partial charge in [0.05, 0.1) is 0 Å². The third-order valence-electron chi connectivity index (χ3n) is 2.62. The van der Waals surface area contributed by atoms with Crippen LogP contribution in [-0.4, -0.2) is 20.1 Å². The molecule has 82 valence electrons. The zero-order chi connectivity index (χ0) is 11.7. The van der Waals surface area contributed by atoms with Gasteiger partial charge in [0.15, 0.2) is 0 Å². The number of phenols is 1. The van der Waals surface area contributed by atoms with E-state index in [9.17, 15) is 5.11 Å². The fraction of sp³-hybridized carbons (Fsp3) is 0. The molecule has 0 bridgehead atoms. The van der Waals surface area contributed by atoms with Gasteiger partial charge in [0, 0.05) is 29.5 Å². The number of hydrogen-bond acceptors (Lipinski definition) is 4. The summed E-state index contributed by atoms with van der Waals surface area (Å²) >= 11 is 0. The minimum absolute atomic E-state index is 0.182. The number of nitrogens with zero attached hydrogens (tertiary/aromatic N) is 3. The molecule has 4 nitrogen and oxygen atoms in total. The average Bonchev–Trinajstić information content (AvgIpc) is 2.41. The van der Waals surface area contributed by atoms with Crippen LogP contribution in [0.2, 0.25) is 0 Å². The van der Waals surface area contributed by atoms with Crippen molar-refractivity contribution in [1.82, 2.24) is 15.0 Å². The number of aromatic nitrogens is 3. The van der Waals surface area contributed by atoms with Crippen LogP contribution >= 0.6 is 0 Å². The van der Waals surface area contributed by atoms with Gasteiger partial charge in [0.2, 0.25) is 0 Å². The highest BCUT2D eigenvalue weighted by Gasteiger charge is 2.07. The molecule has 3 aromatic rings. The molecule has 0 fully saturated rings. The first-order valence-corrected chi connectivity index (χ1v) is 5.18. The molecule has 0 saturated heterocycles. The van der Waals surface area contributed by atoms with Crippen molar-refractivity contribution >= 4 is 10.9 Å². The molecule has 0 spiro atoms. The van der Waals surface area contributed by atoms with Crippen LogP contribution in [-0.2, 0) is 0 Å². The summed E-state index contributed by atoms with van der Waals surface area (Å²) in [4.78, 5) is 12.2. The van der Waals surface area contributed by atoms with E-state index in [1.54, 1.807) is 24.7 Å². The summed E-state index contributed by atoms with van der Waals surface area (Å²) in [6, 6.07) is 7.25. The van der Waals surface area contributed by atoms with Gasteiger partial charge in [-0.15, -0.1) is 0 Å². The normalized spacial score (nSPS) is 10.6. The lowest BCUT2D eigenvalue weighted by atomic mass is 10.0. The Labute approximate surface area is 97.6 Å². The molecule has 0 aliphatic rings. The van der Waals surface area contributed by atoms with Gasteiger partial charge in [-0.05, 0) is 23.8 Å². The predicted octanol–water partition coefficient (Wildman–Crippen LogP) is 2.40. The Bertz CT molecular complexity index is 668. The van der Waals surface area contributed by atoms with Crippen molar-refractivity contribution in [2.75, 3.05) is 0 Å². The maximum atomic E-state index is 9.75. The van der Waals surface area contributed by atoms with Gasteiger partial charge in [-0.3, -0.25) is 4.98 Å². The van der Waals surface area contributed by atoms with Crippen LogP contribution in [0, 0.1) is 0 Å². The van der Waals surface area contributed by atoms with Crippen molar-refractivity contribution < 1.29 is 5.11 Å². The Balaban J connectivity index is 2.35. The van der Waals surface area contributed by atoms with Crippen LogP contribution in [0.1, 0.15) is 0 Å². The molecular formula is C13H9N3O. The first-order chi connectivity index (χ1) is 8.36. The summed E-state index contributed by atoms with van der Waals surface area (Å²) in [5.74, 6) is 0.182. The first-order valence-electron chi connectivity index (χ1n) is 5.18. The minimum Gasteiger partial charge on any atom is -0.506 e. The van der Waals surface area contributed by atoms with Gasteiger partial charge >= 0.3 is 0 Å². The molecule has 0 saturated carbocycles. The molecule has 0 radical (unpaired) electrons. The standard InChI is InChI=1S/C13H9N3O/c17-12-4-3-10(9-6-14-8-15-7-9)11-2-1-5-16-13(11)12/h1-8,17H. The van der Waals surface area contributed by atoms with E-state index in [0.29, 0.717) is 5.52 Å². The Hall–Kier alpha value is -2.49. The molecule has 0 amide bonds. The molecular weight excluding hydrogens is 214 g/mol. The molecule has 4 heteroatoms. The highest BCUT2D eigenvalue weighted by Crippen LogP contribution is 2.31. The van der Waals surface area contributed by atoms with Crippen molar-refractivity contribution in [2.24, 2.45) is 0 Å². The maximum absolute atomic E-state index is 9.75. The predicted molar refractivity (Wildman–Crippen MR) is 64.4 cm³/mol. The Morgan fingerprint density at radius 1 is 1.00 bits per heavy atom. The van der Waals surface area contributed by atoms with Gasteiger partial charge in [-0.25, -0.2) is 9.97 Å². The fourth-order valence-electron chi connectivity index (χ4n) is 1.85. The molecule has 0 atom stereocenters. The molecule has 1 aromatic carbocycles. The quantitative estimate of drug-likeness (QED) is 0.688. The highest BCUT2D eigenvalue weighted by molar-refractivity contribution is 5.97. The number of aromatic hydroxyl groups is 1.